The van der Waals surface area contributed by atoms with Gasteiger partial charge in [-0.2, -0.15) is 0 Å². The first-order valence-electron chi connectivity index (χ1n) is 6.45. The SMILES string of the molecule is CCCNC(C)c1sc(-c2ncccc2F)nc1C. The Kier molecular flexibility index (Phi) is 4.61. The second-order valence-electron chi connectivity index (χ2n) is 4.48. The summed E-state index contributed by atoms with van der Waals surface area (Å²) in [4.78, 5) is 9.67. The van der Waals surface area contributed by atoms with Gasteiger partial charge in [0.25, 0.3) is 0 Å². The molecule has 1 unspecified atom stereocenters. The molecule has 0 aliphatic rings. The topological polar surface area (TPSA) is 37.8 Å². The van der Waals surface area contributed by atoms with Crippen LogP contribution in [0.4, 0.5) is 4.39 Å². The first-order valence-corrected chi connectivity index (χ1v) is 7.26. The smallest absolute Gasteiger partial charge is 0.151 e. The van der Waals surface area contributed by atoms with Gasteiger partial charge in [0.05, 0.1) is 5.69 Å². The fourth-order valence-electron chi connectivity index (χ4n) is 1.91. The highest BCUT2D eigenvalue weighted by atomic mass is 32.1. The lowest BCUT2D eigenvalue weighted by atomic mass is 10.2. The minimum absolute atomic E-state index is 0.234. The van der Waals surface area contributed by atoms with Crippen LogP contribution in [-0.4, -0.2) is 16.5 Å². The van der Waals surface area contributed by atoms with E-state index in [0.29, 0.717) is 10.7 Å². The van der Waals surface area contributed by atoms with Crippen LogP contribution < -0.4 is 5.32 Å². The molecule has 0 aliphatic heterocycles. The summed E-state index contributed by atoms with van der Waals surface area (Å²) in [6.07, 6.45) is 2.68. The van der Waals surface area contributed by atoms with E-state index in [1.807, 2.05) is 6.92 Å². The standard InChI is InChI=1S/C14H18FN3S/c1-4-7-16-9(2)13-10(3)18-14(19-13)12-11(15)6-5-8-17-12/h5-6,8-9,16H,4,7H2,1-3H3. The van der Waals surface area contributed by atoms with Crippen LogP contribution >= 0.6 is 11.3 Å². The number of thiazole rings is 1. The van der Waals surface area contributed by atoms with E-state index in [2.05, 4.69) is 29.1 Å². The molecule has 102 valence electrons. The molecule has 0 aliphatic carbocycles. The Balaban J connectivity index is 2.28. The summed E-state index contributed by atoms with van der Waals surface area (Å²) in [5.74, 6) is -0.322. The lowest BCUT2D eigenvalue weighted by molar-refractivity contribution is 0.575. The number of hydrogen-bond acceptors (Lipinski definition) is 4. The Labute approximate surface area is 116 Å². The van der Waals surface area contributed by atoms with Crippen molar-refractivity contribution in [2.75, 3.05) is 6.54 Å². The maximum Gasteiger partial charge on any atom is 0.151 e. The maximum atomic E-state index is 13.7. The summed E-state index contributed by atoms with van der Waals surface area (Å²) in [5, 5.41) is 4.07. The number of nitrogens with one attached hydrogen (secondary N) is 1. The molecule has 0 bridgehead atoms. The van der Waals surface area contributed by atoms with Crippen molar-refractivity contribution in [2.45, 2.75) is 33.2 Å². The molecule has 0 aromatic carbocycles. The lowest BCUT2D eigenvalue weighted by Gasteiger charge is -2.11. The van der Waals surface area contributed by atoms with Gasteiger partial charge >= 0.3 is 0 Å². The molecule has 2 rings (SSSR count). The summed E-state index contributed by atoms with van der Waals surface area (Å²) in [6, 6.07) is 3.24. The van der Waals surface area contributed by atoms with E-state index in [0.717, 1.165) is 23.5 Å². The number of halogens is 1. The molecule has 2 heterocycles. The zero-order valence-electron chi connectivity index (χ0n) is 11.4. The van der Waals surface area contributed by atoms with Crippen molar-refractivity contribution in [3.63, 3.8) is 0 Å². The van der Waals surface area contributed by atoms with E-state index in [9.17, 15) is 4.39 Å². The summed E-state index contributed by atoms with van der Waals surface area (Å²) >= 11 is 1.51. The minimum atomic E-state index is -0.322. The van der Waals surface area contributed by atoms with Crippen LogP contribution in [0.25, 0.3) is 10.7 Å². The third-order valence-electron chi connectivity index (χ3n) is 2.89. The molecule has 0 saturated heterocycles. The number of rotatable bonds is 5. The van der Waals surface area contributed by atoms with Crippen molar-refractivity contribution in [1.82, 2.24) is 15.3 Å². The maximum absolute atomic E-state index is 13.7. The van der Waals surface area contributed by atoms with Crippen LogP contribution in [0.1, 0.15) is 36.9 Å². The van der Waals surface area contributed by atoms with E-state index in [-0.39, 0.29) is 11.9 Å². The van der Waals surface area contributed by atoms with Crippen LogP contribution in [0.15, 0.2) is 18.3 Å². The normalized spacial score (nSPS) is 12.6. The van der Waals surface area contributed by atoms with Crippen LogP contribution in [-0.2, 0) is 0 Å². The third-order valence-corrected chi connectivity index (χ3v) is 4.23. The molecule has 0 fully saturated rings. The second-order valence-corrected chi connectivity index (χ2v) is 5.51. The second kappa shape index (κ2) is 6.21. The van der Waals surface area contributed by atoms with Gasteiger partial charge in [0.15, 0.2) is 5.82 Å². The highest BCUT2D eigenvalue weighted by molar-refractivity contribution is 7.15. The molecule has 1 N–H and O–H groups in total. The molecule has 1 atom stereocenters. The third kappa shape index (κ3) is 3.16. The van der Waals surface area contributed by atoms with Crippen molar-refractivity contribution in [1.29, 1.82) is 0 Å². The molecule has 0 radical (unpaired) electrons. The summed E-state index contributed by atoms with van der Waals surface area (Å²) < 4.78 is 13.7. The number of hydrogen-bond donors (Lipinski definition) is 1. The number of aryl methyl sites for hydroxylation is 1. The first-order chi connectivity index (χ1) is 9.13. The Hall–Kier alpha value is -1.33. The summed E-state index contributed by atoms with van der Waals surface area (Å²) in [7, 11) is 0. The molecule has 0 amide bonds. The Morgan fingerprint density at radius 2 is 2.26 bits per heavy atom. The van der Waals surface area contributed by atoms with E-state index in [4.69, 9.17) is 0 Å². The molecule has 5 heteroatoms. The first kappa shape index (κ1) is 14.1. The molecule has 0 saturated carbocycles. The average molecular weight is 279 g/mol. The van der Waals surface area contributed by atoms with E-state index < -0.39 is 0 Å². The highest BCUT2D eigenvalue weighted by Gasteiger charge is 2.17. The zero-order valence-corrected chi connectivity index (χ0v) is 12.2. The highest BCUT2D eigenvalue weighted by Crippen LogP contribution is 2.31. The number of nitrogens with zero attached hydrogens (tertiary/aromatic N) is 2. The monoisotopic (exact) mass is 279 g/mol. The van der Waals surface area contributed by atoms with Gasteiger partial charge in [0.2, 0.25) is 0 Å². The molecular formula is C14H18FN3S. The van der Waals surface area contributed by atoms with Gasteiger partial charge in [-0.15, -0.1) is 11.3 Å². The largest absolute Gasteiger partial charge is 0.309 e. The predicted octanol–water partition coefficient (Wildman–Crippen LogP) is 3.71. The van der Waals surface area contributed by atoms with Crippen molar-refractivity contribution >= 4 is 11.3 Å². The van der Waals surface area contributed by atoms with Gasteiger partial charge in [-0.1, -0.05) is 6.92 Å². The van der Waals surface area contributed by atoms with E-state index in [1.54, 1.807) is 12.3 Å². The Morgan fingerprint density at radius 1 is 1.47 bits per heavy atom. The fourth-order valence-corrected chi connectivity index (χ4v) is 3.00. The Bertz CT molecular complexity index is 553. The van der Waals surface area contributed by atoms with E-state index >= 15 is 0 Å². The van der Waals surface area contributed by atoms with Crippen LogP contribution in [0.2, 0.25) is 0 Å². The zero-order chi connectivity index (χ0) is 13.8. The van der Waals surface area contributed by atoms with Gasteiger partial charge in [-0.25, -0.2) is 9.37 Å². The number of aromatic nitrogens is 2. The van der Waals surface area contributed by atoms with Crippen LogP contribution in [0.5, 0.6) is 0 Å². The fraction of sp³-hybridized carbons (Fsp3) is 0.429. The number of pyridine rings is 1. The van der Waals surface area contributed by atoms with Gasteiger partial charge in [-0.3, -0.25) is 4.98 Å². The van der Waals surface area contributed by atoms with Crippen LogP contribution in [0.3, 0.4) is 0 Å². The van der Waals surface area contributed by atoms with Crippen molar-refractivity contribution < 1.29 is 4.39 Å². The van der Waals surface area contributed by atoms with Crippen molar-refractivity contribution in [2.24, 2.45) is 0 Å². The lowest BCUT2D eigenvalue weighted by Crippen LogP contribution is -2.18. The molecule has 19 heavy (non-hydrogen) atoms. The van der Waals surface area contributed by atoms with Gasteiger partial charge < -0.3 is 5.32 Å². The molecule has 2 aromatic rings. The van der Waals surface area contributed by atoms with E-state index in [1.165, 1.54) is 17.4 Å². The van der Waals surface area contributed by atoms with Crippen LogP contribution in [0, 0.1) is 12.7 Å². The molecule has 3 nitrogen and oxygen atoms in total. The quantitative estimate of drug-likeness (QED) is 0.906. The van der Waals surface area contributed by atoms with Gasteiger partial charge in [-0.05, 0) is 38.9 Å². The van der Waals surface area contributed by atoms with Crippen molar-refractivity contribution in [3.05, 3.63) is 34.7 Å². The van der Waals surface area contributed by atoms with Gasteiger partial charge in [0, 0.05) is 17.1 Å². The Morgan fingerprint density at radius 3 is 2.95 bits per heavy atom. The summed E-state index contributed by atoms with van der Waals surface area (Å²) in [6.45, 7) is 7.16. The van der Waals surface area contributed by atoms with Crippen molar-refractivity contribution in [3.8, 4) is 10.7 Å². The molecule has 0 spiro atoms. The molecule has 2 aromatic heterocycles. The minimum Gasteiger partial charge on any atom is -0.309 e. The summed E-state index contributed by atoms with van der Waals surface area (Å²) in [5.41, 5.74) is 1.28. The van der Waals surface area contributed by atoms with Gasteiger partial charge in [0.1, 0.15) is 10.7 Å². The molecular weight excluding hydrogens is 261 g/mol. The average Bonchev–Trinajstić information content (AvgIpc) is 2.78. The predicted molar refractivity (Wildman–Crippen MR) is 76.7 cm³/mol.